The molecule has 0 saturated carbocycles. The molecule has 27 heavy (non-hydrogen) atoms. The van der Waals surface area contributed by atoms with Crippen molar-refractivity contribution in [2.75, 3.05) is 13.1 Å². The molecule has 0 bridgehead atoms. The summed E-state index contributed by atoms with van der Waals surface area (Å²) < 4.78 is 21.3. The molecule has 7 heteroatoms. The number of amides is 1. The van der Waals surface area contributed by atoms with Crippen LogP contribution in [0.4, 0.5) is 4.39 Å². The number of benzene rings is 1. The van der Waals surface area contributed by atoms with Crippen molar-refractivity contribution in [2.45, 2.75) is 25.9 Å². The van der Waals surface area contributed by atoms with E-state index >= 15 is 0 Å². The molecule has 1 amide bonds. The van der Waals surface area contributed by atoms with Crippen molar-refractivity contribution in [1.82, 2.24) is 14.3 Å². The predicted octanol–water partition coefficient (Wildman–Crippen LogP) is 4.12. The lowest BCUT2D eigenvalue weighted by atomic mass is 10.1. The highest BCUT2D eigenvalue weighted by Crippen LogP contribution is 2.24. The number of ether oxygens (including phenoxy) is 1. The zero-order valence-electron chi connectivity index (χ0n) is 14.9. The summed E-state index contributed by atoms with van der Waals surface area (Å²) in [4.78, 5) is 19.3. The molecule has 0 atom stereocenters. The lowest BCUT2D eigenvalue weighted by Crippen LogP contribution is -2.42. The fraction of sp³-hybridized carbons (Fsp3) is 0.300. The molecular weight excluding hydrogens is 369 g/mol. The molecule has 2 aromatic heterocycles. The van der Waals surface area contributed by atoms with Gasteiger partial charge in [0.1, 0.15) is 17.4 Å². The molecule has 0 spiro atoms. The molecule has 140 valence electrons. The van der Waals surface area contributed by atoms with E-state index in [0.717, 1.165) is 0 Å². The van der Waals surface area contributed by atoms with E-state index in [1.54, 1.807) is 45.8 Å². The predicted molar refractivity (Wildman–Crippen MR) is 101 cm³/mol. The van der Waals surface area contributed by atoms with Crippen LogP contribution in [0, 0.1) is 12.7 Å². The average molecular weight is 388 g/mol. The highest BCUT2D eigenvalue weighted by atomic mass is 35.5. The van der Waals surface area contributed by atoms with Gasteiger partial charge in [-0.25, -0.2) is 9.37 Å². The maximum Gasteiger partial charge on any atom is 0.272 e. The van der Waals surface area contributed by atoms with Crippen LogP contribution in [0.5, 0.6) is 5.75 Å². The van der Waals surface area contributed by atoms with Gasteiger partial charge in [-0.05, 0) is 31.2 Å². The molecule has 1 aliphatic heterocycles. The van der Waals surface area contributed by atoms with Gasteiger partial charge in [-0.3, -0.25) is 9.20 Å². The second kappa shape index (κ2) is 7.19. The van der Waals surface area contributed by atoms with Crippen LogP contribution in [0.1, 0.15) is 29.0 Å². The van der Waals surface area contributed by atoms with Gasteiger partial charge in [0.25, 0.3) is 5.91 Å². The maximum atomic E-state index is 13.8. The Kier molecular flexibility index (Phi) is 4.74. The third-order valence-corrected chi connectivity index (χ3v) is 5.04. The Morgan fingerprint density at radius 2 is 1.96 bits per heavy atom. The quantitative estimate of drug-likeness (QED) is 0.679. The minimum atomic E-state index is -0.366. The first-order valence-electron chi connectivity index (χ1n) is 8.87. The number of aromatic nitrogens is 2. The van der Waals surface area contributed by atoms with Crippen LogP contribution in [-0.4, -0.2) is 39.4 Å². The van der Waals surface area contributed by atoms with Gasteiger partial charge in [0.15, 0.2) is 11.6 Å². The smallest absolute Gasteiger partial charge is 0.272 e. The number of pyridine rings is 1. The standard InChI is InChI=1S/C20H19ClFN3O2/c1-13-19(25-12-14(21)6-7-18(25)23-13)20(26)24-10-8-15(9-11-24)27-17-5-3-2-4-16(17)22/h2-7,12,15H,8-11H2,1H3. The topological polar surface area (TPSA) is 46.8 Å². The Hall–Kier alpha value is -2.60. The van der Waals surface area contributed by atoms with E-state index in [1.807, 2.05) is 6.92 Å². The van der Waals surface area contributed by atoms with Crippen LogP contribution in [-0.2, 0) is 0 Å². The van der Waals surface area contributed by atoms with E-state index < -0.39 is 0 Å². The number of rotatable bonds is 3. The van der Waals surface area contributed by atoms with Gasteiger partial charge < -0.3 is 9.64 Å². The van der Waals surface area contributed by atoms with Crippen molar-refractivity contribution in [2.24, 2.45) is 0 Å². The van der Waals surface area contributed by atoms with E-state index in [2.05, 4.69) is 4.98 Å². The number of fused-ring (bicyclic) bond motifs is 1. The van der Waals surface area contributed by atoms with Crippen molar-refractivity contribution in [3.63, 3.8) is 0 Å². The Morgan fingerprint density at radius 1 is 1.22 bits per heavy atom. The van der Waals surface area contributed by atoms with E-state index in [0.29, 0.717) is 48.0 Å². The third-order valence-electron chi connectivity index (χ3n) is 4.82. The molecule has 5 nitrogen and oxygen atoms in total. The fourth-order valence-electron chi connectivity index (χ4n) is 3.44. The second-order valence-corrected chi connectivity index (χ2v) is 7.10. The summed E-state index contributed by atoms with van der Waals surface area (Å²) in [6.45, 7) is 2.92. The van der Waals surface area contributed by atoms with Gasteiger partial charge >= 0.3 is 0 Å². The van der Waals surface area contributed by atoms with Gasteiger partial charge in [-0.15, -0.1) is 0 Å². The van der Waals surface area contributed by atoms with E-state index in [9.17, 15) is 9.18 Å². The summed E-state index contributed by atoms with van der Waals surface area (Å²) in [5, 5.41) is 0.547. The molecule has 4 rings (SSSR count). The minimum Gasteiger partial charge on any atom is -0.487 e. The lowest BCUT2D eigenvalue weighted by molar-refractivity contribution is 0.0581. The average Bonchev–Trinajstić information content (AvgIpc) is 2.98. The number of carbonyl (C=O) groups is 1. The first-order chi connectivity index (χ1) is 13.0. The first kappa shape index (κ1) is 17.8. The molecule has 3 heterocycles. The maximum absolute atomic E-state index is 13.8. The Labute approximate surface area is 161 Å². The molecule has 3 aromatic rings. The summed E-state index contributed by atoms with van der Waals surface area (Å²) in [6, 6.07) is 9.93. The zero-order valence-corrected chi connectivity index (χ0v) is 15.6. The summed E-state index contributed by atoms with van der Waals surface area (Å²) in [7, 11) is 0. The van der Waals surface area contributed by atoms with Crippen molar-refractivity contribution in [3.8, 4) is 5.75 Å². The normalized spacial score (nSPS) is 15.3. The van der Waals surface area contributed by atoms with Crippen molar-refractivity contribution in [1.29, 1.82) is 0 Å². The number of nitrogens with zero attached hydrogens (tertiary/aromatic N) is 3. The minimum absolute atomic E-state index is 0.0772. The van der Waals surface area contributed by atoms with Crippen LogP contribution >= 0.6 is 11.6 Å². The number of imidazole rings is 1. The number of hydrogen-bond donors (Lipinski definition) is 0. The number of para-hydroxylation sites is 1. The van der Waals surface area contributed by atoms with Gasteiger partial charge in [0.05, 0.1) is 10.7 Å². The van der Waals surface area contributed by atoms with Crippen LogP contribution < -0.4 is 4.74 Å². The number of piperidine rings is 1. The molecule has 1 saturated heterocycles. The Balaban J connectivity index is 1.47. The molecule has 1 fully saturated rings. The third kappa shape index (κ3) is 3.49. The molecule has 0 N–H and O–H groups in total. The molecule has 1 aromatic carbocycles. The van der Waals surface area contributed by atoms with Gasteiger partial charge in [-0.1, -0.05) is 23.7 Å². The first-order valence-corrected chi connectivity index (χ1v) is 9.25. The fourth-order valence-corrected chi connectivity index (χ4v) is 3.60. The van der Waals surface area contributed by atoms with E-state index in [4.69, 9.17) is 16.3 Å². The SMILES string of the molecule is Cc1nc2ccc(Cl)cn2c1C(=O)N1CCC(Oc2ccccc2F)CC1. The highest BCUT2D eigenvalue weighted by molar-refractivity contribution is 6.30. The number of halogens is 2. The molecular formula is C20H19ClFN3O2. The van der Waals surface area contributed by atoms with Gasteiger partial charge in [0.2, 0.25) is 0 Å². The van der Waals surface area contributed by atoms with Crippen LogP contribution in [0.2, 0.25) is 5.02 Å². The molecule has 0 aliphatic carbocycles. The number of hydrogen-bond acceptors (Lipinski definition) is 3. The molecule has 1 aliphatic rings. The van der Waals surface area contributed by atoms with Crippen molar-refractivity contribution >= 4 is 23.2 Å². The van der Waals surface area contributed by atoms with E-state index in [1.165, 1.54) is 6.07 Å². The summed E-state index contributed by atoms with van der Waals surface area (Å²) in [6.07, 6.45) is 2.90. The monoisotopic (exact) mass is 387 g/mol. The largest absolute Gasteiger partial charge is 0.487 e. The number of carbonyl (C=O) groups excluding carboxylic acids is 1. The van der Waals surface area contributed by atoms with Gasteiger partial charge in [0, 0.05) is 32.1 Å². The van der Waals surface area contributed by atoms with Crippen LogP contribution in [0.25, 0.3) is 5.65 Å². The molecule has 0 radical (unpaired) electrons. The Bertz CT molecular complexity index is 996. The summed E-state index contributed by atoms with van der Waals surface area (Å²) >= 11 is 6.08. The van der Waals surface area contributed by atoms with Crippen molar-refractivity contribution in [3.05, 3.63) is 64.8 Å². The van der Waals surface area contributed by atoms with Gasteiger partial charge in [-0.2, -0.15) is 0 Å². The second-order valence-electron chi connectivity index (χ2n) is 6.66. The Morgan fingerprint density at radius 3 is 2.70 bits per heavy atom. The summed E-state index contributed by atoms with van der Waals surface area (Å²) in [5.74, 6) is -0.185. The summed E-state index contributed by atoms with van der Waals surface area (Å²) in [5.41, 5.74) is 1.89. The number of aryl methyl sites for hydroxylation is 1. The molecule has 0 unspecified atom stereocenters. The van der Waals surface area contributed by atoms with Crippen molar-refractivity contribution < 1.29 is 13.9 Å². The lowest BCUT2D eigenvalue weighted by Gasteiger charge is -2.32. The number of likely N-dealkylation sites (tertiary alicyclic amines) is 1. The van der Waals surface area contributed by atoms with Crippen LogP contribution in [0.15, 0.2) is 42.6 Å². The van der Waals surface area contributed by atoms with E-state index in [-0.39, 0.29) is 23.6 Å². The highest BCUT2D eigenvalue weighted by Gasteiger charge is 2.28. The van der Waals surface area contributed by atoms with Crippen LogP contribution in [0.3, 0.4) is 0 Å². The zero-order chi connectivity index (χ0) is 19.0.